The first-order chi connectivity index (χ1) is 12.4. The van der Waals surface area contributed by atoms with Crippen molar-refractivity contribution in [1.82, 2.24) is 4.57 Å². The number of aryl methyl sites for hydroxylation is 2. The Hall–Kier alpha value is -3.15. The smallest absolute Gasteiger partial charge is 0.374 e. The van der Waals surface area contributed by atoms with Crippen LogP contribution in [0.1, 0.15) is 38.1 Å². The van der Waals surface area contributed by atoms with E-state index >= 15 is 0 Å². The third-order valence-electron chi connectivity index (χ3n) is 4.07. The Morgan fingerprint density at radius 1 is 1.12 bits per heavy atom. The van der Waals surface area contributed by atoms with Crippen LogP contribution >= 0.6 is 0 Å². The van der Waals surface area contributed by atoms with Gasteiger partial charge in [0.25, 0.3) is 0 Å². The van der Waals surface area contributed by atoms with E-state index in [2.05, 4.69) is 0 Å². The lowest BCUT2D eigenvalue weighted by Gasteiger charge is -2.10. The number of hydrogen-bond donors (Lipinski definition) is 0. The van der Waals surface area contributed by atoms with Gasteiger partial charge >= 0.3 is 5.97 Å². The Labute approximate surface area is 150 Å². The zero-order valence-electron chi connectivity index (χ0n) is 14.7. The fraction of sp³-hybridized carbons (Fsp3) is 0.200. The van der Waals surface area contributed by atoms with Crippen LogP contribution in [0, 0.1) is 26.6 Å². The number of aromatic nitrogens is 1. The van der Waals surface area contributed by atoms with Crippen LogP contribution in [-0.4, -0.2) is 22.9 Å². The lowest BCUT2D eigenvalue weighted by Crippen LogP contribution is -2.14. The number of hydrogen-bond acceptors (Lipinski definition) is 4. The maximum absolute atomic E-state index is 13.5. The highest BCUT2D eigenvalue weighted by Crippen LogP contribution is 2.22. The molecule has 0 saturated carbocycles. The maximum atomic E-state index is 13.5. The molecule has 0 bridgehead atoms. The second-order valence-corrected chi connectivity index (χ2v) is 6.01. The van der Waals surface area contributed by atoms with Crippen molar-refractivity contribution in [2.45, 2.75) is 20.8 Å². The minimum atomic E-state index is -0.689. The summed E-state index contributed by atoms with van der Waals surface area (Å²) in [7, 11) is 0. The Balaban J connectivity index is 1.78. The van der Waals surface area contributed by atoms with Crippen LogP contribution in [-0.2, 0) is 4.74 Å². The van der Waals surface area contributed by atoms with Crippen LogP contribution in [0.4, 0.5) is 4.39 Å². The molecule has 2 heterocycles. The molecule has 1 aromatic carbocycles. The first kappa shape index (κ1) is 17.7. The van der Waals surface area contributed by atoms with Gasteiger partial charge in [0.15, 0.2) is 6.61 Å². The summed E-state index contributed by atoms with van der Waals surface area (Å²) in [5.74, 6) is -0.740. The first-order valence-electron chi connectivity index (χ1n) is 8.08. The summed E-state index contributed by atoms with van der Waals surface area (Å²) in [6.07, 6.45) is 0. The fourth-order valence-electron chi connectivity index (χ4n) is 2.88. The monoisotopic (exact) mass is 355 g/mol. The van der Waals surface area contributed by atoms with Crippen LogP contribution in [0.25, 0.3) is 5.69 Å². The van der Waals surface area contributed by atoms with E-state index in [0.717, 1.165) is 5.69 Å². The number of nitrogens with zero attached hydrogens (tertiary/aromatic N) is 1. The summed E-state index contributed by atoms with van der Waals surface area (Å²) in [4.78, 5) is 24.4. The van der Waals surface area contributed by atoms with Crippen LogP contribution in [0.2, 0.25) is 0 Å². The molecule has 0 aliphatic carbocycles. The molecule has 0 atom stereocenters. The lowest BCUT2D eigenvalue weighted by molar-refractivity contribution is 0.0442. The van der Waals surface area contributed by atoms with Crippen molar-refractivity contribution in [3.05, 3.63) is 76.8 Å². The SMILES string of the molecule is Cc1ccc(C(=O)OCC(=O)c2cc(C)n(-c3cccc(F)c3)c2C)o1. The highest BCUT2D eigenvalue weighted by atomic mass is 19.1. The van der Waals surface area contributed by atoms with E-state index in [-0.39, 0.29) is 17.4 Å². The number of ketones is 1. The minimum Gasteiger partial charge on any atom is -0.454 e. The number of carbonyl (C=O) groups excluding carboxylic acids is 2. The predicted molar refractivity (Wildman–Crippen MR) is 93.3 cm³/mol. The highest BCUT2D eigenvalue weighted by molar-refractivity contribution is 6.00. The fourth-order valence-corrected chi connectivity index (χ4v) is 2.88. The van der Waals surface area contributed by atoms with E-state index in [1.165, 1.54) is 18.2 Å². The van der Waals surface area contributed by atoms with E-state index < -0.39 is 12.6 Å². The number of carbonyl (C=O) groups is 2. The Bertz CT molecular complexity index is 984. The number of ether oxygens (including phenoxy) is 1. The summed E-state index contributed by atoms with van der Waals surface area (Å²) in [5, 5.41) is 0. The lowest BCUT2D eigenvalue weighted by atomic mass is 10.1. The summed E-state index contributed by atoms with van der Waals surface area (Å²) in [5.41, 5.74) is 2.49. The van der Waals surface area contributed by atoms with Crippen molar-refractivity contribution in [3.8, 4) is 5.69 Å². The molecule has 0 N–H and O–H groups in total. The Kier molecular flexibility index (Phi) is 4.75. The Morgan fingerprint density at radius 2 is 1.88 bits per heavy atom. The number of furan rings is 1. The third kappa shape index (κ3) is 3.44. The van der Waals surface area contributed by atoms with E-state index in [1.54, 1.807) is 42.7 Å². The normalized spacial score (nSPS) is 10.8. The predicted octanol–water partition coefficient (Wildman–Crippen LogP) is 4.17. The summed E-state index contributed by atoms with van der Waals surface area (Å²) >= 11 is 0. The number of halogens is 1. The minimum absolute atomic E-state index is 0.0560. The molecule has 0 aliphatic heterocycles. The van der Waals surface area contributed by atoms with Crippen molar-refractivity contribution in [2.75, 3.05) is 6.61 Å². The van der Waals surface area contributed by atoms with Gasteiger partial charge in [0, 0.05) is 22.6 Å². The zero-order valence-corrected chi connectivity index (χ0v) is 14.7. The average Bonchev–Trinajstić information content (AvgIpc) is 3.15. The molecule has 6 heteroatoms. The second kappa shape index (κ2) is 7.00. The molecular weight excluding hydrogens is 337 g/mol. The van der Waals surface area contributed by atoms with Gasteiger partial charge in [0.1, 0.15) is 11.6 Å². The summed E-state index contributed by atoms with van der Waals surface area (Å²) in [6, 6.07) is 11.0. The topological polar surface area (TPSA) is 61.4 Å². The van der Waals surface area contributed by atoms with Crippen LogP contribution < -0.4 is 0 Å². The number of esters is 1. The van der Waals surface area contributed by atoms with E-state index in [0.29, 0.717) is 22.7 Å². The van der Waals surface area contributed by atoms with Crippen molar-refractivity contribution in [3.63, 3.8) is 0 Å². The van der Waals surface area contributed by atoms with Gasteiger partial charge in [-0.3, -0.25) is 4.79 Å². The molecule has 0 saturated heterocycles. The van der Waals surface area contributed by atoms with Crippen LogP contribution in [0.5, 0.6) is 0 Å². The second-order valence-electron chi connectivity index (χ2n) is 6.01. The van der Waals surface area contributed by atoms with Crippen molar-refractivity contribution in [1.29, 1.82) is 0 Å². The van der Waals surface area contributed by atoms with E-state index in [4.69, 9.17) is 9.15 Å². The van der Waals surface area contributed by atoms with Gasteiger partial charge in [0.05, 0.1) is 0 Å². The van der Waals surface area contributed by atoms with Gasteiger partial charge in [-0.05, 0) is 57.2 Å². The quantitative estimate of drug-likeness (QED) is 0.509. The third-order valence-corrected chi connectivity index (χ3v) is 4.07. The summed E-state index contributed by atoms with van der Waals surface area (Å²) in [6.45, 7) is 4.91. The molecule has 2 aromatic heterocycles. The maximum Gasteiger partial charge on any atom is 0.374 e. The largest absolute Gasteiger partial charge is 0.454 e. The van der Waals surface area contributed by atoms with Crippen LogP contribution in [0.3, 0.4) is 0 Å². The van der Waals surface area contributed by atoms with Crippen molar-refractivity contribution >= 4 is 11.8 Å². The Morgan fingerprint density at radius 3 is 2.54 bits per heavy atom. The van der Waals surface area contributed by atoms with E-state index in [1.807, 2.05) is 6.92 Å². The highest BCUT2D eigenvalue weighted by Gasteiger charge is 2.19. The number of benzene rings is 1. The first-order valence-corrected chi connectivity index (χ1v) is 8.08. The molecule has 0 radical (unpaired) electrons. The van der Waals surface area contributed by atoms with Crippen LogP contribution in [0.15, 0.2) is 46.9 Å². The standard InChI is InChI=1S/C20H18FNO4/c1-12-9-17(14(3)22(12)16-6-4-5-15(21)10-16)18(23)11-25-20(24)19-8-7-13(2)26-19/h4-10H,11H2,1-3H3. The molecule has 0 spiro atoms. The van der Waals surface area contributed by atoms with Gasteiger partial charge < -0.3 is 13.7 Å². The molecule has 0 unspecified atom stereocenters. The molecule has 134 valence electrons. The van der Waals surface area contributed by atoms with Crippen molar-refractivity contribution < 1.29 is 23.1 Å². The molecular formula is C20H18FNO4. The molecule has 3 aromatic rings. The molecule has 3 rings (SSSR count). The van der Waals surface area contributed by atoms with Gasteiger partial charge in [0.2, 0.25) is 11.5 Å². The van der Waals surface area contributed by atoms with Gasteiger partial charge in [-0.25, -0.2) is 9.18 Å². The number of Topliss-reactive ketones (excluding diaryl/α,β-unsaturated/α-hetero) is 1. The zero-order chi connectivity index (χ0) is 18.8. The summed E-state index contributed by atoms with van der Waals surface area (Å²) < 4.78 is 25.5. The molecule has 0 amide bonds. The molecule has 0 aliphatic rings. The molecule has 0 fully saturated rings. The molecule has 5 nitrogen and oxygen atoms in total. The van der Waals surface area contributed by atoms with Gasteiger partial charge in [-0.2, -0.15) is 0 Å². The van der Waals surface area contributed by atoms with Gasteiger partial charge in [-0.15, -0.1) is 0 Å². The van der Waals surface area contributed by atoms with Crippen molar-refractivity contribution in [2.24, 2.45) is 0 Å². The average molecular weight is 355 g/mol. The van der Waals surface area contributed by atoms with E-state index in [9.17, 15) is 14.0 Å². The van der Waals surface area contributed by atoms with Gasteiger partial charge in [-0.1, -0.05) is 6.07 Å². The molecule has 26 heavy (non-hydrogen) atoms. The number of rotatable bonds is 5.